The van der Waals surface area contributed by atoms with Crippen molar-refractivity contribution in [1.82, 2.24) is 10.2 Å². The molecule has 0 saturated carbocycles. The highest BCUT2D eigenvalue weighted by Crippen LogP contribution is 2.35. The molecular formula is C24H31ClN4O5. The number of anilines is 1. The lowest BCUT2D eigenvalue weighted by Gasteiger charge is -2.47. The van der Waals surface area contributed by atoms with Gasteiger partial charge in [0, 0.05) is 32.8 Å². The number of aliphatic hydroxyl groups is 1. The first-order chi connectivity index (χ1) is 16.2. The maximum absolute atomic E-state index is 13.8. The molecule has 0 radical (unpaired) electrons. The summed E-state index contributed by atoms with van der Waals surface area (Å²) >= 11 is 6.19. The van der Waals surface area contributed by atoms with Crippen molar-refractivity contribution in [3.63, 3.8) is 0 Å². The zero-order valence-corrected chi connectivity index (χ0v) is 20.0. The lowest BCUT2D eigenvalue weighted by molar-refractivity contribution is -0.129. The van der Waals surface area contributed by atoms with E-state index < -0.39 is 29.6 Å². The molecular weight excluding hydrogens is 460 g/mol. The highest BCUT2D eigenvalue weighted by molar-refractivity contribution is 6.33. The van der Waals surface area contributed by atoms with E-state index in [0.717, 1.165) is 6.42 Å². The number of methoxy groups -OCH3 is 2. The van der Waals surface area contributed by atoms with Crippen LogP contribution >= 0.6 is 11.6 Å². The van der Waals surface area contributed by atoms with Gasteiger partial charge in [0.15, 0.2) is 11.8 Å². The predicted molar refractivity (Wildman–Crippen MR) is 130 cm³/mol. The van der Waals surface area contributed by atoms with E-state index in [4.69, 9.17) is 32.5 Å². The molecule has 6 N–H and O–H groups in total. The topological polar surface area (TPSA) is 140 Å². The number of piperidine rings is 1. The van der Waals surface area contributed by atoms with Crippen molar-refractivity contribution in [3.05, 3.63) is 58.6 Å². The van der Waals surface area contributed by atoms with Crippen molar-refractivity contribution in [2.45, 2.75) is 30.7 Å². The Balaban J connectivity index is 1.79. The highest BCUT2D eigenvalue weighted by atomic mass is 35.5. The van der Waals surface area contributed by atoms with Crippen LogP contribution in [0.4, 0.5) is 5.69 Å². The first kappa shape index (κ1) is 25.9. The van der Waals surface area contributed by atoms with Crippen LogP contribution in [0.2, 0.25) is 5.02 Å². The average Bonchev–Trinajstić information content (AvgIpc) is 2.85. The normalized spacial score (nSPS) is 21.6. The van der Waals surface area contributed by atoms with Crippen LogP contribution in [0.3, 0.4) is 0 Å². The second kappa shape index (κ2) is 11.2. The number of ether oxygens (including phenoxy) is 2. The Hall–Kier alpha value is -2.69. The summed E-state index contributed by atoms with van der Waals surface area (Å²) in [6.07, 6.45) is -0.551. The first-order valence-corrected chi connectivity index (χ1v) is 11.4. The van der Waals surface area contributed by atoms with Gasteiger partial charge < -0.3 is 31.4 Å². The molecule has 0 spiro atoms. The molecule has 1 saturated heterocycles. The Kier molecular flexibility index (Phi) is 8.51. The molecule has 1 fully saturated rings. The minimum absolute atomic E-state index is 0.172. The number of nitrogens with one attached hydrogen (secondary N) is 1. The summed E-state index contributed by atoms with van der Waals surface area (Å²) in [5.74, 6) is -0.697. The number of aliphatic hydroxyl groups excluding tert-OH is 1. The first-order valence-electron chi connectivity index (χ1n) is 11.0. The van der Waals surface area contributed by atoms with E-state index in [1.807, 2.05) is 0 Å². The number of carbonyl (C=O) groups excluding carboxylic acids is 2. The standard InChI is InChI=1S/C24H31ClN4O5/c1-33-19-14-18(26)17(25)13-16(19)22(31)24(27)20(34-2)9-6-11-29(24)12-10-28-23(32)21(30)15-7-4-3-5-8-15/h3-5,7-8,13-14,20-21,30H,6,9-12,26-27H2,1-2H3,(H,28,32)/t20-,21?,24+/m0/s1. The molecule has 1 heterocycles. The molecule has 0 aliphatic carbocycles. The molecule has 1 amide bonds. The number of carbonyl (C=O) groups is 2. The van der Waals surface area contributed by atoms with Crippen molar-refractivity contribution < 1.29 is 24.2 Å². The molecule has 184 valence electrons. The maximum atomic E-state index is 13.8. The van der Waals surface area contributed by atoms with Crippen molar-refractivity contribution >= 4 is 29.0 Å². The van der Waals surface area contributed by atoms with Gasteiger partial charge in [0.2, 0.25) is 5.78 Å². The van der Waals surface area contributed by atoms with Gasteiger partial charge in [0.25, 0.3) is 5.91 Å². The van der Waals surface area contributed by atoms with Gasteiger partial charge in [-0.05, 0) is 24.5 Å². The molecule has 2 aromatic rings. The van der Waals surface area contributed by atoms with Crippen LogP contribution in [-0.4, -0.2) is 67.3 Å². The lowest BCUT2D eigenvalue weighted by Crippen LogP contribution is -2.71. The summed E-state index contributed by atoms with van der Waals surface area (Å²) in [5.41, 5.74) is 12.1. The van der Waals surface area contributed by atoms with E-state index in [-0.39, 0.29) is 35.1 Å². The third-order valence-electron chi connectivity index (χ3n) is 6.16. The Bertz CT molecular complexity index is 1020. The zero-order valence-electron chi connectivity index (χ0n) is 19.3. The van der Waals surface area contributed by atoms with Gasteiger partial charge >= 0.3 is 0 Å². The summed E-state index contributed by atoms with van der Waals surface area (Å²) < 4.78 is 11.0. The Morgan fingerprint density at radius 1 is 1.29 bits per heavy atom. The van der Waals surface area contributed by atoms with E-state index in [2.05, 4.69) is 5.32 Å². The summed E-state index contributed by atoms with van der Waals surface area (Å²) in [4.78, 5) is 28.0. The number of hydrogen-bond donors (Lipinski definition) is 4. The average molecular weight is 491 g/mol. The number of hydrogen-bond acceptors (Lipinski definition) is 8. The van der Waals surface area contributed by atoms with Gasteiger partial charge in [0.1, 0.15) is 5.75 Å². The molecule has 1 aliphatic rings. The Morgan fingerprint density at radius 3 is 2.65 bits per heavy atom. The van der Waals surface area contributed by atoms with E-state index >= 15 is 0 Å². The highest BCUT2D eigenvalue weighted by Gasteiger charge is 2.50. The number of likely N-dealkylation sites (tertiary alicyclic amines) is 1. The molecule has 1 unspecified atom stereocenters. The van der Waals surface area contributed by atoms with Crippen LogP contribution < -0.4 is 21.5 Å². The predicted octanol–water partition coefficient (Wildman–Crippen LogP) is 1.73. The number of rotatable bonds is 9. The van der Waals surface area contributed by atoms with Gasteiger partial charge in [-0.2, -0.15) is 0 Å². The quantitative estimate of drug-likeness (QED) is 0.308. The summed E-state index contributed by atoms with van der Waals surface area (Å²) in [6.45, 7) is 0.954. The van der Waals surface area contributed by atoms with Gasteiger partial charge in [-0.3, -0.25) is 14.5 Å². The minimum atomic E-state index is -1.53. The summed E-state index contributed by atoms with van der Waals surface area (Å²) in [5, 5.41) is 13.2. The minimum Gasteiger partial charge on any atom is -0.496 e. The lowest BCUT2D eigenvalue weighted by atomic mass is 9.85. The van der Waals surface area contributed by atoms with Crippen LogP contribution in [0, 0.1) is 0 Å². The number of ketones is 1. The van der Waals surface area contributed by atoms with Crippen molar-refractivity contribution in [1.29, 1.82) is 0 Å². The SMILES string of the molecule is COc1cc(N)c(Cl)cc1C(=O)[C@@]1(N)[C@@H](OC)CCCN1CCNC(=O)C(O)c1ccccc1. The van der Waals surface area contributed by atoms with Gasteiger partial charge in [-0.1, -0.05) is 41.9 Å². The second-order valence-electron chi connectivity index (χ2n) is 8.19. The fraction of sp³-hybridized carbons (Fsp3) is 0.417. The van der Waals surface area contributed by atoms with Gasteiger partial charge in [-0.15, -0.1) is 0 Å². The largest absolute Gasteiger partial charge is 0.496 e. The van der Waals surface area contributed by atoms with E-state index in [9.17, 15) is 14.7 Å². The molecule has 34 heavy (non-hydrogen) atoms. The fourth-order valence-corrected chi connectivity index (χ4v) is 4.45. The zero-order chi connectivity index (χ0) is 24.9. The van der Waals surface area contributed by atoms with Gasteiger partial charge in [-0.25, -0.2) is 0 Å². The molecule has 1 aliphatic heterocycles. The number of Topliss-reactive ketones (excluding diaryl/α,β-unsaturated/α-hetero) is 1. The van der Waals surface area contributed by atoms with Crippen molar-refractivity contribution in [2.24, 2.45) is 5.73 Å². The molecule has 10 heteroatoms. The second-order valence-corrected chi connectivity index (χ2v) is 8.59. The summed E-state index contributed by atoms with van der Waals surface area (Å²) in [7, 11) is 2.94. The molecule has 3 atom stereocenters. The number of amides is 1. The number of halogens is 1. The molecule has 0 aromatic heterocycles. The van der Waals surface area contributed by atoms with E-state index in [1.165, 1.54) is 26.4 Å². The smallest absolute Gasteiger partial charge is 0.253 e. The Morgan fingerprint density at radius 2 is 2.00 bits per heavy atom. The third kappa shape index (κ3) is 5.18. The molecule has 9 nitrogen and oxygen atoms in total. The maximum Gasteiger partial charge on any atom is 0.253 e. The van der Waals surface area contributed by atoms with Crippen LogP contribution in [0.25, 0.3) is 0 Å². The monoisotopic (exact) mass is 490 g/mol. The van der Waals surface area contributed by atoms with Crippen LogP contribution in [-0.2, 0) is 9.53 Å². The third-order valence-corrected chi connectivity index (χ3v) is 6.49. The number of benzene rings is 2. The Labute approximate surface area is 203 Å². The number of nitrogens with two attached hydrogens (primary N) is 2. The summed E-state index contributed by atoms with van der Waals surface area (Å²) in [6, 6.07) is 11.6. The molecule has 2 aromatic carbocycles. The van der Waals surface area contributed by atoms with Crippen LogP contribution in [0.5, 0.6) is 5.75 Å². The number of nitrogen functional groups attached to an aromatic ring is 1. The number of nitrogens with zero attached hydrogens (tertiary/aromatic N) is 1. The van der Waals surface area contributed by atoms with Crippen LogP contribution in [0.15, 0.2) is 42.5 Å². The molecule has 3 rings (SSSR count). The fourth-order valence-electron chi connectivity index (χ4n) is 4.29. The van der Waals surface area contributed by atoms with Crippen molar-refractivity contribution in [3.8, 4) is 5.75 Å². The van der Waals surface area contributed by atoms with E-state index in [0.29, 0.717) is 18.5 Å². The van der Waals surface area contributed by atoms with Crippen LogP contribution in [0.1, 0.15) is 34.9 Å². The van der Waals surface area contributed by atoms with Gasteiger partial charge in [0.05, 0.1) is 29.5 Å². The molecule has 0 bridgehead atoms. The van der Waals surface area contributed by atoms with Crippen molar-refractivity contribution in [2.75, 3.05) is 39.6 Å². The van der Waals surface area contributed by atoms with E-state index in [1.54, 1.807) is 35.2 Å².